The molecule has 0 unspecified atom stereocenters. The van der Waals surface area contributed by atoms with E-state index in [1.165, 1.54) is 15.9 Å². The Morgan fingerprint density at radius 3 is 1.27 bits per heavy atom. The van der Waals surface area contributed by atoms with Crippen molar-refractivity contribution in [1.82, 2.24) is 4.90 Å². The van der Waals surface area contributed by atoms with Crippen LogP contribution in [0.3, 0.4) is 0 Å². The maximum absolute atomic E-state index is 13.2. The number of hydrogen-bond donors (Lipinski definition) is 0. The Morgan fingerprint density at radius 1 is 0.692 bits per heavy atom. The molecule has 1 atom stereocenters. The molecule has 2 nitrogen and oxygen atoms in total. The van der Waals surface area contributed by atoms with Gasteiger partial charge in [-0.3, -0.25) is 4.79 Å². The summed E-state index contributed by atoms with van der Waals surface area (Å²) in [5.41, 5.74) is -0.148. The summed E-state index contributed by atoms with van der Waals surface area (Å²) in [7, 11) is 1.54. The molecule has 1 amide bonds. The van der Waals surface area contributed by atoms with E-state index in [9.17, 15) is 4.79 Å². The van der Waals surface area contributed by atoms with Gasteiger partial charge in [0.2, 0.25) is 0 Å². The van der Waals surface area contributed by atoms with Gasteiger partial charge in [0.15, 0.2) is 5.66 Å². The van der Waals surface area contributed by atoms with Crippen LogP contribution in [0.2, 0.25) is 0 Å². The molecule has 3 rings (SSSR count). The molecule has 3 heteroatoms. The average Bonchev–Trinajstić information content (AvgIpc) is 2.70. The quantitative estimate of drug-likeness (QED) is 0.637. The lowest BCUT2D eigenvalue weighted by Gasteiger charge is -2.33. The van der Waals surface area contributed by atoms with Crippen LogP contribution >= 0.6 is 7.26 Å². The Balaban J connectivity index is 2.37. The van der Waals surface area contributed by atoms with Crippen molar-refractivity contribution < 1.29 is 4.79 Å². The van der Waals surface area contributed by atoms with E-state index in [0.29, 0.717) is 0 Å². The molecule has 0 radical (unpaired) electrons. The van der Waals surface area contributed by atoms with Gasteiger partial charge in [-0.1, -0.05) is 54.6 Å². The maximum Gasteiger partial charge on any atom is 0.263 e. The van der Waals surface area contributed by atoms with E-state index >= 15 is 0 Å². The van der Waals surface area contributed by atoms with E-state index in [2.05, 4.69) is 79.7 Å². The van der Waals surface area contributed by atoms with E-state index in [1.54, 1.807) is 4.90 Å². The molecule has 0 saturated carbocycles. The fourth-order valence-corrected chi connectivity index (χ4v) is 8.37. The minimum absolute atomic E-state index is 0.148. The fourth-order valence-electron chi connectivity index (χ4n) is 3.65. The van der Waals surface area contributed by atoms with Crippen LogP contribution < -0.4 is 15.9 Å². The molecular formula is C23H25NOP+. The van der Waals surface area contributed by atoms with Crippen LogP contribution in [0.1, 0.15) is 6.92 Å². The molecule has 0 aliphatic carbocycles. The number of carbonyl (C=O) groups is 1. The molecule has 0 spiro atoms. The third-order valence-electron chi connectivity index (χ3n) is 4.87. The first-order valence-corrected chi connectivity index (χ1v) is 10.7. The summed E-state index contributed by atoms with van der Waals surface area (Å²) < 4.78 is 0. The molecule has 0 aliphatic heterocycles. The molecule has 3 aromatic rings. The molecule has 26 heavy (non-hydrogen) atoms. The molecule has 0 saturated heterocycles. The highest BCUT2D eigenvalue weighted by Gasteiger charge is 2.53. The van der Waals surface area contributed by atoms with Gasteiger partial charge in [-0.05, 0) is 43.3 Å². The highest BCUT2D eigenvalue weighted by Crippen LogP contribution is 2.59. The van der Waals surface area contributed by atoms with Crippen molar-refractivity contribution in [2.45, 2.75) is 12.6 Å². The van der Waals surface area contributed by atoms with Gasteiger partial charge in [0.05, 0.1) is 0 Å². The predicted molar refractivity (Wildman–Crippen MR) is 113 cm³/mol. The summed E-state index contributed by atoms with van der Waals surface area (Å²) in [4.78, 5) is 14.9. The molecule has 0 bridgehead atoms. The predicted octanol–water partition coefficient (Wildman–Crippen LogP) is 3.46. The van der Waals surface area contributed by atoms with E-state index in [0.717, 1.165) is 0 Å². The van der Waals surface area contributed by atoms with Gasteiger partial charge in [-0.25, -0.2) is 0 Å². The van der Waals surface area contributed by atoms with E-state index in [-0.39, 0.29) is 11.6 Å². The number of hydrogen-bond acceptors (Lipinski definition) is 1. The Hall–Kier alpha value is -2.44. The van der Waals surface area contributed by atoms with E-state index in [4.69, 9.17) is 0 Å². The second-order valence-electron chi connectivity index (χ2n) is 6.64. The van der Waals surface area contributed by atoms with E-state index < -0.39 is 7.26 Å². The molecule has 0 fully saturated rings. The minimum Gasteiger partial charge on any atom is -0.345 e. The standard InChI is InChI=1S/C23H25NOP/c1-19(23(25)24(2)3)26(20-13-7-4-8-14-20,21-15-9-5-10-16-21)22-17-11-6-12-18-22/h4-19H,1-3H3/q+1/t19-/m0/s1. The number of rotatable bonds is 5. The van der Waals surface area contributed by atoms with Crippen molar-refractivity contribution in [3.8, 4) is 0 Å². The summed E-state index contributed by atoms with van der Waals surface area (Å²) in [6, 6.07) is 31.6. The van der Waals surface area contributed by atoms with Crippen molar-refractivity contribution in [2.24, 2.45) is 0 Å². The first-order valence-electron chi connectivity index (χ1n) is 8.85. The third-order valence-corrected chi connectivity index (χ3v) is 9.59. The molecule has 0 N–H and O–H groups in total. The van der Waals surface area contributed by atoms with Crippen molar-refractivity contribution in [2.75, 3.05) is 14.1 Å². The number of carbonyl (C=O) groups excluding carboxylic acids is 1. The molecule has 0 aliphatic rings. The van der Waals surface area contributed by atoms with Crippen LogP contribution in [0.25, 0.3) is 0 Å². The van der Waals surface area contributed by atoms with Gasteiger partial charge in [0.1, 0.15) is 23.2 Å². The van der Waals surface area contributed by atoms with Gasteiger partial charge in [-0.2, -0.15) is 0 Å². The summed E-state index contributed by atoms with van der Waals surface area (Å²) in [6.07, 6.45) is 0. The minimum atomic E-state index is -2.15. The van der Waals surface area contributed by atoms with Crippen LogP contribution in [0.15, 0.2) is 91.0 Å². The molecule has 132 valence electrons. The van der Waals surface area contributed by atoms with Crippen molar-refractivity contribution in [3.05, 3.63) is 91.0 Å². The monoisotopic (exact) mass is 362 g/mol. The summed E-state index contributed by atoms with van der Waals surface area (Å²) in [5, 5.41) is 3.71. The van der Waals surface area contributed by atoms with Gasteiger partial charge < -0.3 is 4.90 Å². The van der Waals surface area contributed by atoms with Gasteiger partial charge in [0, 0.05) is 14.1 Å². The zero-order valence-corrected chi connectivity index (χ0v) is 16.4. The lowest BCUT2D eigenvalue weighted by molar-refractivity contribution is -0.127. The van der Waals surface area contributed by atoms with Gasteiger partial charge >= 0.3 is 0 Å². The van der Waals surface area contributed by atoms with Gasteiger partial charge in [0.25, 0.3) is 5.91 Å². The second kappa shape index (κ2) is 7.85. The second-order valence-corrected chi connectivity index (χ2v) is 10.4. The van der Waals surface area contributed by atoms with Crippen LogP contribution in [-0.2, 0) is 4.79 Å². The molecule has 0 heterocycles. The van der Waals surface area contributed by atoms with Crippen molar-refractivity contribution in [1.29, 1.82) is 0 Å². The molecular weight excluding hydrogens is 337 g/mol. The van der Waals surface area contributed by atoms with Crippen molar-refractivity contribution in [3.63, 3.8) is 0 Å². The summed E-state index contributed by atoms with van der Waals surface area (Å²) in [6.45, 7) is 2.09. The Bertz CT molecular complexity index is 750. The van der Waals surface area contributed by atoms with Crippen LogP contribution in [-0.4, -0.2) is 30.6 Å². The number of benzene rings is 3. The first kappa shape index (κ1) is 18.4. The van der Waals surface area contributed by atoms with Crippen LogP contribution in [0, 0.1) is 0 Å². The normalized spacial score (nSPS) is 12.4. The third kappa shape index (κ3) is 3.18. The SMILES string of the molecule is C[C@@H](C(=O)N(C)C)[P+](c1ccccc1)(c1ccccc1)c1ccccc1. The number of nitrogens with zero attached hydrogens (tertiary/aromatic N) is 1. The van der Waals surface area contributed by atoms with E-state index in [1.807, 2.05) is 32.3 Å². The average molecular weight is 362 g/mol. The highest BCUT2D eigenvalue weighted by molar-refractivity contribution is 7.96. The van der Waals surface area contributed by atoms with Crippen LogP contribution in [0.5, 0.6) is 0 Å². The zero-order chi connectivity index (χ0) is 18.6. The van der Waals surface area contributed by atoms with Crippen molar-refractivity contribution >= 4 is 29.1 Å². The topological polar surface area (TPSA) is 20.3 Å². The maximum atomic E-state index is 13.2. The summed E-state index contributed by atoms with van der Waals surface area (Å²) in [5.74, 6) is 0.162. The fraction of sp³-hybridized carbons (Fsp3) is 0.174. The highest BCUT2D eigenvalue weighted by atomic mass is 31.2. The Labute approximate surface area is 156 Å². The smallest absolute Gasteiger partial charge is 0.263 e. The number of amides is 1. The lowest BCUT2D eigenvalue weighted by Crippen LogP contribution is -2.44. The van der Waals surface area contributed by atoms with Crippen LogP contribution in [0.4, 0.5) is 0 Å². The zero-order valence-electron chi connectivity index (χ0n) is 15.5. The Kier molecular flexibility index (Phi) is 5.54. The largest absolute Gasteiger partial charge is 0.345 e. The molecule has 0 aromatic heterocycles. The lowest BCUT2D eigenvalue weighted by atomic mass is 10.3. The summed E-state index contributed by atoms with van der Waals surface area (Å²) >= 11 is 0. The molecule has 3 aromatic carbocycles. The van der Waals surface area contributed by atoms with Gasteiger partial charge in [-0.15, -0.1) is 0 Å². The first-order chi connectivity index (χ1) is 12.6. The Morgan fingerprint density at radius 2 is 1.00 bits per heavy atom.